The average molecular weight is 231 g/mol. The maximum absolute atomic E-state index is 4.84. The monoisotopic (exact) mass is 231 g/mol. The normalized spacial score (nSPS) is 24.9. The molecule has 1 fully saturated rings. The summed E-state index contributed by atoms with van der Waals surface area (Å²) in [6.07, 6.45) is 10.9. The zero-order valence-electron chi connectivity index (χ0n) is 10.6. The van der Waals surface area contributed by atoms with E-state index in [1.54, 1.807) is 0 Å². The van der Waals surface area contributed by atoms with Crippen LogP contribution < -0.4 is 5.32 Å². The summed E-state index contributed by atoms with van der Waals surface area (Å²) in [7, 11) is 2.04. The van der Waals surface area contributed by atoms with Gasteiger partial charge >= 0.3 is 0 Å². The van der Waals surface area contributed by atoms with Gasteiger partial charge < -0.3 is 5.32 Å². The highest BCUT2D eigenvalue weighted by molar-refractivity contribution is 5.24. The summed E-state index contributed by atoms with van der Waals surface area (Å²) < 4.78 is 0. The van der Waals surface area contributed by atoms with Gasteiger partial charge in [-0.05, 0) is 39.2 Å². The molecule has 0 spiro atoms. The Bertz CT molecular complexity index is 398. The Morgan fingerprint density at radius 2 is 2.06 bits per heavy atom. The van der Waals surface area contributed by atoms with E-state index in [0.717, 1.165) is 12.2 Å². The van der Waals surface area contributed by atoms with Gasteiger partial charge in [0.25, 0.3) is 0 Å². The van der Waals surface area contributed by atoms with E-state index in [1.165, 1.54) is 49.8 Å². The zero-order valence-corrected chi connectivity index (χ0v) is 10.6. The lowest BCUT2D eigenvalue weighted by Crippen LogP contribution is -2.19. The lowest BCUT2D eigenvalue weighted by atomic mass is 9.84. The third kappa shape index (κ3) is 2.08. The van der Waals surface area contributed by atoms with E-state index in [9.17, 15) is 0 Å². The summed E-state index contributed by atoms with van der Waals surface area (Å²) in [5.74, 6) is 1.75. The molecule has 0 aliphatic heterocycles. The van der Waals surface area contributed by atoms with Crippen molar-refractivity contribution in [3.63, 3.8) is 0 Å². The lowest BCUT2D eigenvalue weighted by Gasteiger charge is -2.25. The number of hydrogen-bond acceptors (Lipinski definition) is 3. The summed E-state index contributed by atoms with van der Waals surface area (Å²) in [6, 6.07) is 0.461. The highest BCUT2D eigenvalue weighted by Gasteiger charge is 2.25. The topological polar surface area (TPSA) is 37.8 Å². The first-order valence-corrected chi connectivity index (χ1v) is 6.91. The van der Waals surface area contributed by atoms with Gasteiger partial charge in [0.2, 0.25) is 0 Å². The van der Waals surface area contributed by atoms with Crippen LogP contribution in [0.25, 0.3) is 0 Å². The summed E-state index contributed by atoms with van der Waals surface area (Å²) >= 11 is 0. The van der Waals surface area contributed by atoms with Gasteiger partial charge in [-0.2, -0.15) is 0 Å². The van der Waals surface area contributed by atoms with Gasteiger partial charge in [0.15, 0.2) is 0 Å². The fourth-order valence-electron chi connectivity index (χ4n) is 2.89. The number of hydrogen-bond donors (Lipinski definition) is 1. The lowest BCUT2D eigenvalue weighted by molar-refractivity contribution is 0.399. The van der Waals surface area contributed by atoms with Crippen molar-refractivity contribution in [3.8, 4) is 0 Å². The van der Waals surface area contributed by atoms with Crippen LogP contribution >= 0.6 is 0 Å². The van der Waals surface area contributed by atoms with Crippen molar-refractivity contribution >= 4 is 0 Å². The van der Waals surface area contributed by atoms with Crippen LogP contribution in [0.3, 0.4) is 0 Å². The Labute approximate surface area is 103 Å². The molecule has 0 aromatic carbocycles. The van der Waals surface area contributed by atoms with Crippen LogP contribution in [0.5, 0.6) is 0 Å². The predicted octanol–water partition coefficient (Wildman–Crippen LogP) is 2.73. The standard InChI is InChI=1S/C14H21N3/c1-15-12-7-2-3-8-13-11(12)9-16-14(17-13)10-5-4-6-10/h9-10,12,15H,2-8H2,1H3. The van der Waals surface area contributed by atoms with Gasteiger partial charge in [0.05, 0.1) is 0 Å². The van der Waals surface area contributed by atoms with Gasteiger partial charge in [-0.3, -0.25) is 0 Å². The molecule has 0 bridgehead atoms. The van der Waals surface area contributed by atoms with Crippen molar-refractivity contribution in [1.29, 1.82) is 0 Å². The number of rotatable bonds is 2. The second kappa shape index (κ2) is 4.73. The largest absolute Gasteiger partial charge is 0.313 e. The van der Waals surface area contributed by atoms with E-state index in [-0.39, 0.29) is 0 Å². The molecule has 1 atom stereocenters. The van der Waals surface area contributed by atoms with E-state index in [1.807, 2.05) is 7.05 Å². The number of aryl methyl sites for hydroxylation is 1. The van der Waals surface area contributed by atoms with Crippen LogP contribution in [-0.4, -0.2) is 17.0 Å². The Morgan fingerprint density at radius 3 is 2.76 bits per heavy atom. The van der Waals surface area contributed by atoms with Crippen molar-refractivity contribution in [2.24, 2.45) is 0 Å². The second-order valence-electron chi connectivity index (χ2n) is 5.35. The Hall–Kier alpha value is -0.960. The molecule has 2 aliphatic rings. The van der Waals surface area contributed by atoms with Crippen molar-refractivity contribution in [1.82, 2.24) is 15.3 Å². The van der Waals surface area contributed by atoms with E-state index < -0.39 is 0 Å². The number of aromatic nitrogens is 2. The highest BCUT2D eigenvalue weighted by atomic mass is 14.9. The van der Waals surface area contributed by atoms with Crippen LogP contribution in [-0.2, 0) is 6.42 Å². The molecule has 0 saturated heterocycles. The summed E-state index contributed by atoms with van der Waals surface area (Å²) in [6.45, 7) is 0. The van der Waals surface area contributed by atoms with Crippen LogP contribution in [0.15, 0.2) is 6.20 Å². The van der Waals surface area contributed by atoms with Gasteiger partial charge in [-0.1, -0.05) is 12.8 Å². The molecule has 0 radical (unpaired) electrons. The summed E-state index contributed by atoms with van der Waals surface area (Å²) in [4.78, 5) is 9.45. The Kier molecular flexibility index (Phi) is 3.10. The first-order valence-electron chi connectivity index (χ1n) is 6.91. The van der Waals surface area contributed by atoms with Crippen LogP contribution in [0.4, 0.5) is 0 Å². The minimum Gasteiger partial charge on any atom is -0.313 e. The molecule has 17 heavy (non-hydrogen) atoms. The van der Waals surface area contributed by atoms with Gasteiger partial charge in [-0.15, -0.1) is 0 Å². The fraction of sp³-hybridized carbons (Fsp3) is 0.714. The molecule has 0 amide bonds. The van der Waals surface area contributed by atoms with E-state index in [0.29, 0.717) is 12.0 Å². The highest BCUT2D eigenvalue weighted by Crippen LogP contribution is 2.35. The molecule has 2 aliphatic carbocycles. The Balaban J connectivity index is 1.92. The van der Waals surface area contributed by atoms with E-state index >= 15 is 0 Å². The molecule has 3 nitrogen and oxygen atoms in total. The molecule has 92 valence electrons. The van der Waals surface area contributed by atoms with Gasteiger partial charge in [0, 0.05) is 29.4 Å². The quantitative estimate of drug-likeness (QED) is 0.795. The van der Waals surface area contributed by atoms with Gasteiger partial charge in [-0.25, -0.2) is 9.97 Å². The zero-order chi connectivity index (χ0) is 11.7. The van der Waals surface area contributed by atoms with Crippen LogP contribution in [0.1, 0.15) is 67.6 Å². The molecular weight excluding hydrogens is 210 g/mol. The third-order valence-electron chi connectivity index (χ3n) is 4.27. The molecule has 1 aromatic heterocycles. The number of nitrogens with one attached hydrogen (secondary N) is 1. The van der Waals surface area contributed by atoms with Crippen LogP contribution in [0, 0.1) is 0 Å². The smallest absolute Gasteiger partial charge is 0.131 e. The van der Waals surface area contributed by atoms with E-state index in [2.05, 4.69) is 16.5 Å². The molecule has 3 heteroatoms. The summed E-state index contributed by atoms with van der Waals surface area (Å²) in [5.41, 5.74) is 2.65. The van der Waals surface area contributed by atoms with Crippen molar-refractivity contribution in [2.45, 2.75) is 56.9 Å². The Morgan fingerprint density at radius 1 is 1.18 bits per heavy atom. The minimum absolute atomic E-state index is 0.461. The molecule has 1 heterocycles. The first-order chi connectivity index (χ1) is 8.38. The maximum Gasteiger partial charge on any atom is 0.131 e. The van der Waals surface area contributed by atoms with Gasteiger partial charge in [0.1, 0.15) is 5.82 Å². The molecule has 1 unspecified atom stereocenters. The van der Waals surface area contributed by atoms with Crippen molar-refractivity contribution < 1.29 is 0 Å². The SMILES string of the molecule is CNC1CCCCc2nc(C3CCC3)ncc21. The summed E-state index contributed by atoms with van der Waals surface area (Å²) in [5, 5.41) is 3.40. The molecular formula is C14H21N3. The molecule has 1 aromatic rings. The first kappa shape index (κ1) is 11.1. The number of nitrogens with zero attached hydrogens (tertiary/aromatic N) is 2. The van der Waals surface area contributed by atoms with Crippen LogP contribution in [0.2, 0.25) is 0 Å². The molecule has 1 saturated carbocycles. The predicted molar refractivity (Wildman–Crippen MR) is 68.0 cm³/mol. The molecule has 3 rings (SSSR count). The third-order valence-corrected chi connectivity index (χ3v) is 4.27. The average Bonchev–Trinajstić information content (AvgIpc) is 2.48. The maximum atomic E-state index is 4.84. The minimum atomic E-state index is 0.461. The van der Waals surface area contributed by atoms with E-state index in [4.69, 9.17) is 4.98 Å². The van der Waals surface area contributed by atoms with Crippen molar-refractivity contribution in [3.05, 3.63) is 23.3 Å². The number of fused-ring (bicyclic) bond motifs is 1. The fourth-order valence-corrected chi connectivity index (χ4v) is 2.89. The van der Waals surface area contributed by atoms with Crippen molar-refractivity contribution in [2.75, 3.05) is 7.05 Å². The molecule has 1 N–H and O–H groups in total. The second-order valence-corrected chi connectivity index (χ2v) is 5.35.